The molecule has 0 aliphatic heterocycles. The number of rotatable bonds is 0. The molecular formula is C10H18O6. The molecule has 0 aromatic rings. The quantitative estimate of drug-likeness (QED) is 0.275. The highest BCUT2D eigenvalue weighted by atomic mass is 16.4. The normalized spacial score (nSPS) is 58.1. The van der Waals surface area contributed by atoms with Gasteiger partial charge >= 0.3 is 0 Å². The van der Waals surface area contributed by atoms with E-state index in [4.69, 9.17) is 0 Å². The van der Waals surface area contributed by atoms with Gasteiger partial charge in [-0.2, -0.15) is 0 Å². The molecule has 6 atom stereocenters. The SMILES string of the molecule is O[C@H]1[C@H](O)[C@H](O)[C@@]2(O)CCCC[C@]2(O)[C@@H]1O. The minimum Gasteiger partial charge on any atom is -0.387 e. The van der Waals surface area contributed by atoms with E-state index in [9.17, 15) is 30.6 Å². The van der Waals surface area contributed by atoms with E-state index in [2.05, 4.69) is 0 Å². The summed E-state index contributed by atoms with van der Waals surface area (Å²) in [5.74, 6) is 0. The maximum Gasteiger partial charge on any atom is 0.124 e. The van der Waals surface area contributed by atoms with Gasteiger partial charge in [-0.05, 0) is 12.8 Å². The Kier molecular flexibility index (Phi) is 2.77. The molecular weight excluding hydrogens is 216 g/mol. The van der Waals surface area contributed by atoms with Crippen LogP contribution in [0.25, 0.3) is 0 Å². The Balaban J connectivity index is 2.42. The molecule has 2 fully saturated rings. The summed E-state index contributed by atoms with van der Waals surface area (Å²) in [6, 6.07) is 0. The molecule has 2 aliphatic carbocycles. The van der Waals surface area contributed by atoms with Gasteiger partial charge in [0.1, 0.15) is 35.6 Å². The van der Waals surface area contributed by atoms with Crippen molar-refractivity contribution in [3.05, 3.63) is 0 Å². The van der Waals surface area contributed by atoms with Crippen LogP contribution in [-0.2, 0) is 0 Å². The smallest absolute Gasteiger partial charge is 0.124 e. The summed E-state index contributed by atoms with van der Waals surface area (Å²) in [5.41, 5.74) is -3.91. The molecule has 0 aromatic heterocycles. The van der Waals surface area contributed by atoms with E-state index >= 15 is 0 Å². The molecule has 0 radical (unpaired) electrons. The van der Waals surface area contributed by atoms with Crippen LogP contribution in [0.4, 0.5) is 0 Å². The largest absolute Gasteiger partial charge is 0.387 e. The van der Waals surface area contributed by atoms with Crippen molar-refractivity contribution in [2.24, 2.45) is 0 Å². The molecule has 0 saturated heterocycles. The first-order valence-corrected chi connectivity index (χ1v) is 5.51. The van der Waals surface area contributed by atoms with Gasteiger partial charge < -0.3 is 30.6 Å². The zero-order valence-corrected chi connectivity index (χ0v) is 8.82. The highest BCUT2D eigenvalue weighted by Gasteiger charge is 2.66. The zero-order chi connectivity index (χ0) is 12.1. The average Bonchev–Trinajstić information content (AvgIpc) is 2.27. The zero-order valence-electron chi connectivity index (χ0n) is 8.82. The summed E-state index contributed by atoms with van der Waals surface area (Å²) in [6.07, 6.45) is -5.27. The summed E-state index contributed by atoms with van der Waals surface area (Å²) in [7, 11) is 0. The van der Waals surface area contributed by atoms with Gasteiger partial charge in [-0.25, -0.2) is 0 Å². The highest BCUT2D eigenvalue weighted by molar-refractivity contribution is 5.18. The Morgan fingerprint density at radius 2 is 1.00 bits per heavy atom. The number of aliphatic hydroxyl groups is 6. The third-order valence-electron chi connectivity index (χ3n) is 4.09. The van der Waals surface area contributed by atoms with E-state index in [-0.39, 0.29) is 12.8 Å². The van der Waals surface area contributed by atoms with E-state index < -0.39 is 35.6 Å². The second-order valence-corrected chi connectivity index (χ2v) is 4.93. The average molecular weight is 234 g/mol. The summed E-state index contributed by atoms with van der Waals surface area (Å²) in [5, 5.41) is 59.0. The van der Waals surface area contributed by atoms with Gasteiger partial charge in [0.05, 0.1) is 0 Å². The molecule has 0 unspecified atom stereocenters. The minimum absolute atomic E-state index is 0.0888. The standard InChI is InChI=1S/C10H18O6/c11-5-6(12)8(14)10(16)4-2-1-3-9(10,15)7(5)13/h5-8,11-16H,1-4H2/t5-,6-,7-,8+,9-,10-/m0/s1. The van der Waals surface area contributed by atoms with E-state index in [0.717, 1.165) is 0 Å². The van der Waals surface area contributed by atoms with Crippen molar-refractivity contribution in [1.82, 2.24) is 0 Å². The molecule has 16 heavy (non-hydrogen) atoms. The third kappa shape index (κ3) is 1.28. The van der Waals surface area contributed by atoms with Gasteiger partial charge in [0, 0.05) is 0 Å². The third-order valence-corrected chi connectivity index (χ3v) is 4.09. The van der Waals surface area contributed by atoms with Gasteiger partial charge in [0.15, 0.2) is 0 Å². The lowest BCUT2D eigenvalue weighted by Crippen LogP contribution is -2.78. The van der Waals surface area contributed by atoms with Gasteiger partial charge in [-0.1, -0.05) is 12.8 Å². The molecule has 0 spiro atoms. The fourth-order valence-corrected chi connectivity index (χ4v) is 2.97. The van der Waals surface area contributed by atoms with Crippen LogP contribution in [0.15, 0.2) is 0 Å². The molecule has 6 heteroatoms. The van der Waals surface area contributed by atoms with Crippen LogP contribution in [0, 0.1) is 0 Å². The highest BCUT2D eigenvalue weighted by Crippen LogP contribution is 2.47. The molecule has 6 nitrogen and oxygen atoms in total. The minimum atomic E-state index is -1.96. The van der Waals surface area contributed by atoms with Crippen LogP contribution in [-0.4, -0.2) is 66.3 Å². The number of hydrogen-bond acceptors (Lipinski definition) is 6. The van der Waals surface area contributed by atoms with Gasteiger partial charge in [0.25, 0.3) is 0 Å². The van der Waals surface area contributed by atoms with Crippen molar-refractivity contribution >= 4 is 0 Å². The molecule has 2 saturated carbocycles. The molecule has 0 aromatic carbocycles. The molecule has 2 rings (SSSR count). The van der Waals surface area contributed by atoms with Crippen LogP contribution in [0.3, 0.4) is 0 Å². The van der Waals surface area contributed by atoms with E-state index in [0.29, 0.717) is 12.8 Å². The Labute approximate surface area is 92.8 Å². The number of fused-ring (bicyclic) bond motifs is 1. The lowest BCUT2D eigenvalue weighted by molar-refractivity contribution is -0.323. The molecule has 6 N–H and O–H groups in total. The fourth-order valence-electron chi connectivity index (χ4n) is 2.97. The lowest BCUT2D eigenvalue weighted by Gasteiger charge is -2.57. The number of hydrogen-bond donors (Lipinski definition) is 6. The summed E-state index contributed by atoms with van der Waals surface area (Å²) in [6.45, 7) is 0. The van der Waals surface area contributed by atoms with Crippen LogP contribution >= 0.6 is 0 Å². The number of aliphatic hydroxyl groups excluding tert-OH is 4. The topological polar surface area (TPSA) is 121 Å². The molecule has 0 heterocycles. The first-order valence-electron chi connectivity index (χ1n) is 5.51. The van der Waals surface area contributed by atoms with Crippen molar-refractivity contribution in [1.29, 1.82) is 0 Å². The van der Waals surface area contributed by atoms with Crippen LogP contribution < -0.4 is 0 Å². The van der Waals surface area contributed by atoms with Crippen molar-refractivity contribution in [3.8, 4) is 0 Å². The van der Waals surface area contributed by atoms with Crippen LogP contribution in [0.2, 0.25) is 0 Å². The van der Waals surface area contributed by atoms with E-state index in [1.807, 2.05) is 0 Å². The monoisotopic (exact) mass is 234 g/mol. The molecule has 2 aliphatic rings. The Morgan fingerprint density at radius 3 is 1.31 bits per heavy atom. The second kappa shape index (κ2) is 3.63. The molecule has 0 amide bonds. The second-order valence-electron chi connectivity index (χ2n) is 4.93. The first kappa shape index (κ1) is 12.2. The van der Waals surface area contributed by atoms with Crippen LogP contribution in [0.5, 0.6) is 0 Å². The Bertz CT molecular complexity index is 256. The fraction of sp³-hybridized carbons (Fsp3) is 1.00. The van der Waals surface area contributed by atoms with Crippen LogP contribution in [0.1, 0.15) is 25.7 Å². The summed E-state index contributed by atoms with van der Waals surface area (Å²) in [4.78, 5) is 0. The van der Waals surface area contributed by atoms with E-state index in [1.54, 1.807) is 0 Å². The maximum atomic E-state index is 10.2. The van der Waals surface area contributed by atoms with Crippen molar-refractivity contribution in [3.63, 3.8) is 0 Å². The molecule has 94 valence electrons. The lowest BCUT2D eigenvalue weighted by atomic mass is 9.59. The van der Waals surface area contributed by atoms with Gasteiger partial charge in [-0.15, -0.1) is 0 Å². The van der Waals surface area contributed by atoms with Crippen molar-refractivity contribution < 1.29 is 30.6 Å². The summed E-state index contributed by atoms with van der Waals surface area (Å²) < 4.78 is 0. The maximum absolute atomic E-state index is 10.2. The predicted octanol–water partition coefficient (Wildman–Crippen LogP) is -2.52. The van der Waals surface area contributed by atoms with Gasteiger partial charge in [-0.3, -0.25) is 0 Å². The van der Waals surface area contributed by atoms with Gasteiger partial charge in [0.2, 0.25) is 0 Å². The Morgan fingerprint density at radius 1 is 0.688 bits per heavy atom. The summed E-state index contributed by atoms with van der Waals surface area (Å²) >= 11 is 0. The van der Waals surface area contributed by atoms with Crippen molar-refractivity contribution in [2.45, 2.75) is 61.3 Å². The predicted molar refractivity (Wildman–Crippen MR) is 52.4 cm³/mol. The van der Waals surface area contributed by atoms with Crippen molar-refractivity contribution in [2.75, 3.05) is 0 Å². The molecule has 0 bridgehead atoms. The van der Waals surface area contributed by atoms with E-state index in [1.165, 1.54) is 0 Å². The first-order chi connectivity index (χ1) is 7.34. The Hall–Kier alpha value is -0.240.